The lowest BCUT2D eigenvalue weighted by atomic mass is 10.2. The molecule has 4 heterocycles. The van der Waals surface area contributed by atoms with E-state index in [1.807, 2.05) is 41.3 Å². The molecule has 0 saturated heterocycles. The van der Waals surface area contributed by atoms with Gasteiger partial charge in [0.15, 0.2) is 11.0 Å². The minimum atomic E-state index is 0.663. The highest BCUT2D eigenvalue weighted by atomic mass is 32.2. The summed E-state index contributed by atoms with van der Waals surface area (Å²) in [7, 11) is 1.96. The molecule has 4 aromatic heterocycles. The second kappa shape index (κ2) is 6.58. The van der Waals surface area contributed by atoms with Gasteiger partial charge in [-0.05, 0) is 23.6 Å². The molecule has 8 heteroatoms. The van der Waals surface area contributed by atoms with Crippen LogP contribution < -0.4 is 0 Å². The van der Waals surface area contributed by atoms with Crippen molar-refractivity contribution in [3.8, 4) is 22.2 Å². The van der Waals surface area contributed by atoms with Gasteiger partial charge in [0, 0.05) is 30.8 Å². The molecular formula is C16H13N5OS2. The van der Waals surface area contributed by atoms with Crippen LogP contribution in [0, 0.1) is 0 Å². The third kappa shape index (κ3) is 2.98. The molecule has 0 atom stereocenters. The van der Waals surface area contributed by atoms with E-state index in [2.05, 4.69) is 20.2 Å². The largest absolute Gasteiger partial charge is 0.444 e. The first-order valence-corrected chi connectivity index (χ1v) is 9.08. The second-order valence-electron chi connectivity index (χ2n) is 5.01. The van der Waals surface area contributed by atoms with E-state index in [1.165, 1.54) is 0 Å². The molecule has 0 amide bonds. The van der Waals surface area contributed by atoms with E-state index in [1.54, 1.807) is 41.8 Å². The lowest BCUT2D eigenvalue weighted by molar-refractivity contribution is 0.575. The van der Waals surface area contributed by atoms with Crippen LogP contribution in [0.2, 0.25) is 0 Å². The highest BCUT2D eigenvalue weighted by Gasteiger charge is 2.13. The van der Waals surface area contributed by atoms with Crippen LogP contribution in [0.1, 0.15) is 5.69 Å². The Balaban J connectivity index is 1.48. The number of pyridine rings is 1. The average Bonchev–Trinajstić information content (AvgIpc) is 3.35. The summed E-state index contributed by atoms with van der Waals surface area (Å²) in [6.45, 7) is 0. The van der Waals surface area contributed by atoms with Gasteiger partial charge in [0.05, 0.1) is 10.6 Å². The summed E-state index contributed by atoms with van der Waals surface area (Å²) in [4.78, 5) is 9.58. The van der Waals surface area contributed by atoms with Crippen molar-refractivity contribution in [2.45, 2.75) is 10.9 Å². The third-order valence-electron chi connectivity index (χ3n) is 3.41. The maximum Gasteiger partial charge on any atom is 0.236 e. The number of thiophene rings is 1. The Hall–Kier alpha value is -2.45. The number of hydrogen-bond acceptors (Lipinski definition) is 7. The molecule has 0 radical (unpaired) electrons. The smallest absolute Gasteiger partial charge is 0.236 e. The fraction of sp³-hybridized carbons (Fsp3) is 0.125. The van der Waals surface area contributed by atoms with E-state index in [4.69, 9.17) is 4.42 Å². The van der Waals surface area contributed by atoms with Crippen LogP contribution in [0.15, 0.2) is 57.9 Å². The molecule has 24 heavy (non-hydrogen) atoms. The average molecular weight is 355 g/mol. The first kappa shape index (κ1) is 15.1. The standard InChI is InChI=1S/C16H13N5OS2/c1-21-14(11-4-6-17-7-5-11)19-20-16(21)24-10-12-9-22-15(18-12)13-3-2-8-23-13/h2-9H,10H2,1H3. The molecule has 0 aromatic carbocycles. The Bertz CT molecular complexity index is 931. The van der Waals surface area contributed by atoms with Crippen LogP contribution in [-0.2, 0) is 12.8 Å². The summed E-state index contributed by atoms with van der Waals surface area (Å²) in [6, 6.07) is 7.82. The van der Waals surface area contributed by atoms with Crippen LogP contribution in [0.5, 0.6) is 0 Å². The van der Waals surface area contributed by atoms with Crippen molar-refractivity contribution in [2.75, 3.05) is 0 Å². The Morgan fingerprint density at radius 1 is 1.21 bits per heavy atom. The monoisotopic (exact) mass is 355 g/mol. The molecule has 0 saturated carbocycles. The SMILES string of the molecule is Cn1c(SCc2coc(-c3cccs3)n2)nnc1-c1ccncc1. The van der Waals surface area contributed by atoms with Crippen LogP contribution in [0.3, 0.4) is 0 Å². The Morgan fingerprint density at radius 2 is 2.08 bits per heavy atom. The summed E-state index contributed by atoms with van der Waals surface area (Å²) in [5.41, 5.74) is 1.88. The van der Waals surface area contributed by atoms with Gasteiger partial charge in [-0.3, -0.25) is 4.98 Å². The first-order chi connectivity index (χ1) is 11.8. The summed E-state index contributed by atoms with van der Waals surface area (Å²) < 4.78 is 7.51. The topological polar surface area (TPSA) is 69.6 Å². The third-order valence-corrected chi connectivity index (χ3v) is 5.32. The number of rotatable bonds is 5. The molecule has 0 N–H and O–H groups in total. The quantitative estimate of drug-likeness (QED) is 0.506. The molecule has 0 aliphatic rings. The van der Waals surface area contributed by atoms with Crippen LogP contribution in [-0.4, -0.2) is 24.7 Å². The molecule has 6 nitrogen and oxygen atoms in total. The molecule has 0 aliphatic heterocycles. The van der Waals surface area contributed by atoms with Crippen molar-refractivity contribution in [2.24, 2.45) is 7.05 Å². The summed E-state index contributed by atoms with van der Waals surface area (Å²) >= 11 is 3.19. The van der Waals surface area contributed by atoms with Gasteiger partial charge in [-0.15, -0.1) is 21.5 Å². The van der Waals surface area contributed by atoms with Gasteiger partial charge in [0.1, 0.15) is 6.26 Å². The predicted molar refractivity (Wildman–Crippen MR) is 93.6 cm³/mol. The highest BCUT2D eigenvalue weighted by molar-refractivity contribution is 7.98. The lowest BCUT2D eigenvalue weighted by Crippen LogP contribution is -1.95. The number of hydrogen-bond donors (Lipinski definition) is 0. The molecule has 4 rings (SSSR count). The van der Waals surface area contributed by atoms with Crippen LogP contribution in [0.25, 0.3) is 22.2 Å². The van der Waals surface area contributed by atoms with Crippen molar-refractivity contribution in [1.29, 1.82) is 0 Å². The van der Waals surface area contributed by atoms with Crippen LogP contribution in [0.4, 0.5) is 0 Å². The van der Waals surface area contributed by atoms with Crippen molar-refractivity contribution in [1.82, 2.24) is 24.7 Å². The number of thioether (sulfide) groups is 1. The summed E-state index contributed by atoms with van der Waals surface area (Å²) in [5, 5.41) is 11.4. The minimum absolute atomic E-state index is 0.663. The van der Waals surface area contributed by atoms with Gasteiger partial charge in [0.2, 0.25) is 5.89 Å². The summed E-state index contributed by atoms with van der Waals surface area (Å²) in [6.07, 6.45) is 5.19. The Labute approximate surface area is 146 Å². The van der Waals surface area contributed by atoms with Gasteiger partial charge >= 0.3 is 0 Å². The molecule has 0 spiro atoms. The zero-order chi connectivity index (χ0) is 16.4. The van der Waals surface area contributed by atoms with Gasteiger partial charge in [0.25, 0.3) is 0 Å². The van der Waals surface area contributed by atoms with Crippen molar-refractivity contribution < 1.29 is 4.42 Å². The van der Waals surface area contributed by atoms with Crippen LogP contribution >= 0.6 is 23.1 Å². The maximum atomic E-state index is 5.54. The Kier molecular flexibility index (Phi) is 4.14. The van der Waals surface area contributed by atoms with Crippen molar-refractivity contribution in [3.05, 3.63) is 54.0 Å². The molecular weight excluding hydrogens is 342 g/mol. The molecule has 0 aliphatic carbocycles. The number of oxazole rings is 1. The van der Waals surface area contributed by atoms with Gasteiger partial charge in [-0.25, -0.2) is 4.98 Å². The normalized spacial score (nSPS) is 11.0. The summed E-state index contributed by atoms with van der Waals surface area (Å²) in [5.74, 6) is 2.16. The van der Waals surface area contributed by atoms with E-state index in [9.17, 15) is 0 Å². The predicted octanol–water partition coefficient (Wildman–Crippen LogP) is 3.89. The van der Waals surface area contributed by atoms with Gasteiger partial charge < -0.3 is 8.98 Å². The van der Waals surface area contributed by atoms with E-state index >= 15 is 0 Å². The van der Waals surface area contributed by atoms with Gasteiger partial charge in [-0.1, -0.05) is 17.8 Å². The van der Waals surface area contributed by atoms with Crippen molar-refractivity contribution >= 4 is 23.1 Å². The molecule has 0 fully saturated rings. The molecule has 4 aromatic rings. The zero-order valence-electron chi connectivity index (χ0n) is 12.8. The van der Waals surface area contributed by atoms with E-state index in [0.29, 0.717) is 11.6 Å². The van der Waals surface area contributed by atoms with E-state index in [0.717, 1.165) is 27.1 Å². The molecule has 0 bridgehead atoms. The fourth-order valence-electron chi connectivity index (χ4n) is 2.22. The fourth-order valence-corrected chi connectivity index (χ4v) is 3.66. The van der Waals surface area contributed by atoms with E-state index in [-0.39, 0.29) is 0 Å². The minimum Gasteiger partial charge on any atom is -0.444 e. The first-order valence-electron chi connectivity index (χ1n) is 7.22. The number of aromatic nitrogens is 5. The highest BCUT2D eigenvalue weighted by Crippen LogP contribution is 2.27. The second-order valence-corrected chi connectivity index (χ2v) is 6.90. The van der Waals surface area contributed by atoms with Crippen molar-refractivity contribution in [3.63, 3.8) is 0 Å². The van der Waals surface area contributed by atoms with E-state index < -0.39 is 0 Å². The number of nitrogens with zero attached hydrogens (tertiary/aromatic N) is 5. The zero-order valence-corrected chi connectivity index (χ0v) is 14.4. The van der Waals surface area contributed by atoms with Gasteiger partial charge in [-0.2, -0.15) is 0 Å². The lowest BCUT2D eigenvalue weighted by Gasteiger charge is -2.02. The Morgan fingerprint density at radius 3 is 2.88 bits per heavy atom. The maximum absolute atomic E-state index is 5.54. The molecule has 120 valence electrons. The molecule has 0 unspecified atom stereocenters.